The summed E-state index contributed by atoms with van der Waals surface area (Å²) in [7, 11) is 0. The minimum Gasteiger partial charge on any atom is -0.298 e. The number of carbonyl (C=O) groups is 1. The maximum Gasteiger partial charge on any atom is 0.153 e. The van der Waals surface area contributed by atoms with Crippen molar-refractivity contribution in [1.82, 2.24) is 4.98 Å². The molecule has 0 saturated carbocycles. The van der Waals surface area contributed by atoms with Crippen LogP contribution in [0.3, 0.4) is 0 Å². The highest BCUT2D eigenvalue weighted by molar-refractivity contribution is 5.99. The largest absolute Gasteiger partial charge is 0.298 e. The Morgan fingerprint density at radius 2 is 2.27 bits per heavy atom. The lowest BCUT2D eigenvalue weighted by Crippen LogP contribution is -1.95. The van der Waals surface area contributed by atoms with E-state index in [2.05, 4.69) is 4.98 Å². The highest BCUT2D eigenvalue weighted by Gasteiger charge is 2.10. The number of benzene rings is 1. The Morgan fingerprint density at radius 1 is 1.47 bits per heavy atom. The van der Waals surface area contributed by atoms with Gasteiger partial charge < -0.3 is 0 Å². The van der Waals surface area contributed by atoms with E-state index in [0.717, 1.165) is 17.4 Å². The number of hydrogen-bond acceptors (Lipinski definition) is 2. The fourth-order valence-electron chi connectivity index (χ4n) is 1.73. The second-order valence-corrected chi connectivity index (χ2v) is 3.32. The second-order valence-electron chi connectivity index (χ2n) is 3.32. The average molecular weight is 203 g/mol. The van der Waals surface area contributed by atoms with Gasteiger partial charge in [-0.15, -0.1) is 0 Å². The van der Waals surface area contributed by atoms with Gasteiger partial charge in [0, 0.05) is 17.8 Å². The molecule has 0 N–H and O–H groups in total. The van der Waals surface area contributed by atoms with Gasteiger partial charge in [-0.2, -0.15) is 0 Å². The molecular formula is C12H10FNO. The van der Waals surface area contributed by atoms with Crippen molar-refractivity contribution >= 4 is 17.1 Å². The Hall–Kier alpha value is -1.77. The Bertz CT molecular complexity index is 522. The van der Waals surface area contributed by atoms with Crippen LogP contribution in [-0.2, 0) is 6.42 Å². The van der Waals surface area contributed by atoms with Crippen LogP contribution in [0.1, 0.15) is 22.8 Å². The Morgan fingerprint density at radius 3 is 2.93 bits per heavy atom. The highest BCUT2D eigenvalue weighted by atomic mass is 19.1. The molecular weight excluding hydrogens is 193 g/mol. The van der Waals surface area contributed by atoms with Crippen molar-refractivity contribution in [2.24, 2.45) is 0 Å². The number of pyridine rings is 1. The molecule has 3 heteroatoms. The molecule has 2 nitrogen and oxygen atoms in total. The van der Waals surface area contributed by atoms with Crippen molar-refractivity contribution in [2.45, 2.75) is 13.3 Å². The number of aryl methyl sites for hydroxylation is 1. The van der Waals surface area contributed by atoms with Crippen molar-refractivity contribution in [3.8, 4) is 0 Å². The zero-order valence-electron chi connectivity index (χ0n) is 8.33. The van der Waals surface area contributed by atoms with Crippen molar-refractivity contribution in [3.63, 3.8) is 0 Å². The van der Waals surface area contributed by atoms with Crippen LogP contribution in [0, 0.1) is 5.82 Å². The first-order valence-corrected chi connectivity index (χ1v) is 4.78. The van der Waals surface area contributed by atoms with Gasteiger partial charge in [0.15, 0.2) is 6.29 Å². The molecule has 1 aromatic heterocycles. The minimum atomic E-state index is -0.458. The van der Waals surface area contributed by atoms with Crippen LogP contribution in [-0.4, -0.2) is 11.3 Å². The molecule has 0 radical (unpaired) electrons. The SMILES string of the molecule is CCc1cc(F)c(C=O)c2ccncc12. The third-order valence-electron chi connectivity index (χ3n) is 2.51. The van der Waals surface area contributed by atoms with Crippen LogP contribution < -0.4 is 0 Å². The van der Waals surface area contributed by atoms with Gasteiger partial charge in [-0.25, -0.2) is 4.39 Å². The lowest BCUT2D eigenvalue weighted by Gasteiger charge is -2.06. The van der Waals surface area contributed by atoms with Crippen LogP contribution in [0.2, 0.25) is 0 Å². The van der Waals surface area contributed by atoms with E-state index in [9.17, 15) is 9.18 Å². The molecule has 76 valence electrons. The van der Waals surface area contributed by atoms with Crippen molar-refractivity contribution in [2.75, 3.05) is 0 Å². The summed E-state index contributed by atoms with van der Waals surface area (Å²) in [4.78, 5) is 14.8. The molecule has 0 spiro atoms. The third-order valence-corrected chi connectivity index (χ3v) is 2.51. The molecule has 0 unspecified atom stereocenters. The first-order chi connectivity index (χ1) is 7.27. The minimum absolute atomic E-state index is 0.115. The van der Waals surface area contributed by atoms with Crippen LogP contribution in [0.25, 0.3) is 10.8 Å². The van der Waals surface area contributed by atoms with Gasteiger partial charge in [0.1, 0.15) is 5.82 Å². The molecule has 0 aliphatic rings. The Balaban J connectivity index is 2.92. The van der Waals surface area contributed by atoms with E-state index in [4.69, 9.17) is 0 Å². The second kappa shape index (κ2) is 3.77. The number of nitrogens with zero attached hydrogens (tertiary/aromatic N) is 1. The van der Waals surface area contributed by atoms with Crippen LogP contribution in [0.5, 0.6) is 0 Å². The number of hydrogen-bond donors (Lipinski definition) is 0. The van der Waals surface area contributed by atoms with E-state index < -0.39 is 5.82 Å². The lowest BCUT2D eigenvalue weighted by atomic mass is 10.00. The van der Waals surface area contributed by atoms with Gasteiger partial charge >= 0.3 is 0 Å². The van der Waals surface area contributed by atoms with Gasteiger partial charge in [-0.05, 0) is 29.5 Å². The molecule has 2 aromatic rings. The van der Waals surface area contributed by atoms with Crippen molar-refractivity contribution in [3.05, 3.63) is 41.5 Å². The predicted octanol–water partition coefficient (Wildman–Crippen LogP) is 2.75. The normalized spacial score (nSPS) is 10.5. The molecule has 0 atom stereocenters. The van der Waals surface area contributed by atoms with Crippen LogP contribution in [0.4, 0.5) is 4.39 Å². The summed E-state index contributed by atoms with van der Waals surface area (Å²) < 4.78 is 13.5. The molecule has 0 fully saturated rings. The van der Waals surface area contributed by atoms with E-state index in [-0.39, 0.29) is 5.56 Å². The first kappa shape index (κ1) is 9.77. The van der Waals surface area contributed by atoms with Gasteiger partial charge in [0.2, 0.25) is 0 Å². The summed E-state index contributed by atoms with van der Waals surface area (Å²) in [5.41, 5.74) is 0.991. The number of fused-ring (bicyclic) bond motifs is 1. The summed E-state index contributed by atoms with van der Waals surface area (Å²) in [6.07, 6.45) is 4.50. The van der Waals surface area contributed by atoms with Crippen LogP contribution in [0.15, 0.2) is 24.5 Å². The molecule has 0 aliphatic carbocycles. The molecule has 15 heavy (non-hydrogen) atoms. The van der Waals surface area contributed by atoms with E-state index in [1.165, 1.54) is 6.07 Å². The standard InChI is InChI=1S/C12H10FNO/c1-2-8-5-12(13)11(7-15)9-3-4-14-6-10(8)9/h3-7H,2H2,1H3. The quantitative estimate of drug-likeness (QED) is 0.702. The smallest absolute Gasteiger partial charge is 0.153 e. The lowest BCUT2D eigenvalue weighted by molar-refractivity contribution is 0.112. The molecule has 0 bridgehead atoms. The van der Waals surface area contributed by atoms with Gasteiger partial charge in [0.05, 0.1) is 5.56 Å². The fourth-order valence-corrected chi connectivity index (χ4v) is 1.73. The zero-order chi connectivity index (χ0) is 10.8. The van der Waals surface area contributed by atoms with Gasteiger partial charge in [0.25, 0.3) is 0 Å². The fraction of sp³-hybridized carbons (Fsp3) is 0.167. The number of aromatic nitrogens is 1. The third kappa shape index (κ3) is 1.50. The Kier molecular flexibility index (Phi) is 2.46. The summed E-state index contributed by atoms with van der Waals surface area (Å²) in [5.74, 6) is -0.458. The van der Waals surface area contributed by atoms with E-state index in [0.29, 0.717) is 11.7 Å². The highest BCUT2D eigenvalue weighted by Crippen LogP contribution is 2.23. The molecule has 0 amide bonds. The summed E-state index contributed by atoms with van der Waals surface area (Å²) in [6.45, 7) is 1.95. The molecule has 0 aliphatic heterocycles. The van der Waals surface area contributed by atoms with Crippen molar-refractivity contribution in [1.29, 1.82) is 0 Å². The topological polar surface area (TPSA) is 30.0 Å². The predicted molar refractivity (Wildman–Crippen MR) is 56.5 cm³/mol. The number of aldehydes is 1. The molecule has 2 rings (SSSR count). The van der Waals surface area contributed by atoms with Gasteiger partial charge in [-0.1, -0.05) is 6.92 Å². The zero-order valence-corrected chi connectivity index (χ0v) is 8.33. The van der Waals surface area contributed by atoms with Crippen LogP contribution >= 0.6 is 0 Å². The summed E-state index contributed by atoms with van der Waals surface area (Å²) in [5, 5.41) is 1.49. The van der Waals surface area contributed by atoms with Crippen molar-refractivity contribution < 1.29 is 9.18 Å². The maximum atomic E-state index is 13.5. The van der Waals surface area contributed by atoms with E-state index in [1.807, 2.05) is 6.92 Å². The number of carbonyl (C=O) groups excluding carboxylic acids is 1. The maximum absolute atomic E-state index is 13.5. The summed E-state index contributed by atoms with van der Waals surface area (Å²) >= 11 is 0. The number of halogens is 1. The molecule has 1 heterocycles. The average Bonchev–Trinajstić information content (AvgIpc) is 2.28. The monoisotopic (exact) mass is 203 g/mol. The molecule has 1 aromatic carbocycles. The molecule has 0 saturated heterocycles. The summed E-state index contributed by atoms with van der Waals surface area (Å²) in [6, 6.07) is 3.08. The van der Waals surface area contributed by atoms with E-state index >= 15 is 0 Å². The first-order valence-electron chi connectivity index (χ1n) is 4.78. The Labute approximate surface area is 86.8 Å². The van der Waals surface area contributed by atoms with E-state index in [1.54, 1.807) is 18.5 Å². The van der Waals surface area contributed by atoms with Gasteiger partial charge in [-0.3, -0.25) is 9.78 Å². The number of rotatable bonds is 2.